The molecule has 1 saturated heterocycles. The van der Waals surface area contributed by atoms with E-state index >= 15 is 0 Å². The van der Waals surface area contributed by atoms with E-state index in [2.05, 4.69) is 88.4 Å². The minimum Gasteiger partial charge on any atom is -0.404 e. The lowest BCUT2D eigenvalue weighted by Crippen LogP contribution is -2.67. The van der Waals surface area contributed by atoms with E-state index in [0.29, 0.717) is 18.4 Å². The van der Waals surface area contributed by atoms with Crippen molar-refractivity contribution in [1.29, 1.82) is 0 Å². The van der Waals surface area contributed by atoms with Gasteiger partial charge in [-0.3, -0.25) is 0 Å². The van der Waals surface area contributed by atoms with Crippen LogP contribution in [0.15, 0.2) is 60.7 Å². The molecule has 0 spiro atoms. The van der Waals surface area contributed by atoms with Crippen LogP contribution in [0.5, 0.6) is 0 Å². The molecule has 2 aromatic carbocycles. The summed E-state index contributed by atoms with van der Waals surface area (Å²) in [5, 5.41) is 2.72. The van der Waals surface area contributed by atoms with Crippen LogP contribution in [0, 0.1) is 11.8 Å². The molecule has 3 unspecified atom stereocenters. The van der Waals surface area contributed by atoms with E-state index in [-0.39, 0.29) is 10.6 Å². The summed E-state index contributed by atoms with van der Waals surface area (Å²) in [7, 11) is -2.47. The van der Waals surface area contributed by atoms with Gasteiger partial charge >= 0.3 is 0 Å². The lowest BCUT2D eigenvalue weighted by Gasteiger charge is -2.45. The summed E-state index contributed by atoms with van der Waals surface area (Å²) in [5.74, 6) is 1.31. The van der Waals surface area contributed by atoms with E-state index in [1.165, 1.54) is 16.8 Å². The highest BCUT2D eigenvalue weighted by Crippen LogP contribution is 2.50. The third-order valence-electron chi connectivity index (χ3n) is 7.01. The van der Waals surface area contributed by atoms with Crippen LogP contribution in [0.2, 0.25) is 5.04 Å². The van der Waals surface area contributed by atoms with E-state index < -0.39 is 8.32 Å². The number of hydrogen-bond acceptors (Lipinski definition) is 2. The maximum Gasteiger partial charge on any atom is 0.261 e. The molecule has 1 aliphatic heterocycles. The van der Waals surface area contributed by atoms with E-state index in [9.17, 15) is 0 Å². The van der Waals surface area contributed by atoms with Crippen molar-refractivity contribution >= 4 is 18.7 Å². The summed E-state index contributed by atoms with van der Waals surface area (Å²) in [5.41, 5.74) is -0.0856. The lowest BCUT2D eigenvalue weighted by atomic mass is 9.92. The quantitative estimate of drug-likeness (QED) is 0.717. The van der Waals surface area contributed by atoms with Crippen molar-refractivity contribution in [2.24, 2.45) is 11.8 Å². The molecule has 2 fully saturated rings. The molecule has 1 aliphatic carbocycles. The predicted molar refractivity (Wildman–Crippen MR) is 114 cm³/mol. The maximum atomic E-state index is 7.16. The topological polar surface area (TPSA) is 18.5 Å². The lowest BCUT2D eigenvalue weighted by molar-refractivity contribution is -0.0613. The summed E-state index contributed by atoms with van der Waals surface area (Å²) < 4.78 is 13.5. The molecule has 0 aromatic heterocycles. The van der Waals surface area contributed by atoms with Gasteiger partial charge in [0.15, 0.2) is 0 Å². The second kappa shape index (κ2) is 6.88. The molecule has 2 nitrogen and oxygen atoms in total. The minimum absolute atomic E-state index is 0.0200. The summed E-state index contributed by atoms with van der Waals surface area (Å²) >= 11 is 0. The van der Waals surface area contributed by atoms with Gasteiger partial charge in [0.05, 0.1) is 18.8 Å². The maximum absolute atomic E-state index is 7.16. The van der Waals surface area contributed by atoms with Gasteiger partial charge in [0.1, 0.15) is 0 Å². The van der Waals surface area contributed by atoms with Crippen LogP contribution < -0.4 is 10.4 Å². The zero-order valence-electron chi connectivity index (χ0n) is 17.1. The summed E-state index contributed by atoms with van der Waals surface area (Å²) in [6, 6.07) is 21.8. The molecule has 2 aromatic rings. The normalized spacial score (nSPS) is 27.9. The Morgan fingerprint density at radius 1 is 1.00 bits per heavy atom. The Labute approximate surface area is 165 Å². The molecule has 3 heteroatoms. The van der Waals surface area contributed by atoms with Gasteiger partial charge in [0.2, 0.25) is 0 Å². The van der Waals surface area contributed by atoms with E-state index in [1.54, 1.807) is 0 Å². The van der Waals surface area contributed by atoms with Gasteiger partial charge in [0.25, 0.3) is 8.32 Å². The fourth-order valence-corrected chi connectivity index (χ4v) is 9.89. The van der Waals surface area contributed by atoms with Gasteiger partial charge in [-0.2, -0.15) is 0 Å². The van der Waals surface area contributed by atoms with E-state index in [1.807, 2.05) is 0 Å². The SMILES string of the molecule is CC1C2CCC1(CO[Si](c1ccccc1)(c1ccccc1)C(C)(C)C)OC2. The average molecular weight is 381 g/mol. The highest BCUT2D eigenvalue weighted by Gasteiger charge is 2.56. The van der Waals surface area contributed by atoms with Crippen molar-refractivity contribution in [2.45, 2.75) is 51.2 Å². The van der Waals surface area contributed by atoms with Crippen molar-refractivity contribution in [3.8, 4) is 0 Å². The van der Waals surface area contributed by atoms with Gasteiger partial charge in [-0.15, -0.1) is 0 Å². The molecule has 144 valence electrons. The molecular formula is C24H32O2Si. The second-order valence-corrected chi connectivity index (χ2v) is 13.7. The number of hydrogen-bond donors (Lipinski definition) is 0. The zero-order valence-corrected chi connectivity index (χ0v) is 18.1. The fraction of sp³-hybridized carbons (Fsp3) is 0.500. The molecule has 27 heavy (non-hydrogen) atoms. The number of ether oxygens (including phenoxy) is 1. The van der Waals surface area contributed by atoms with Gasteiger partial charge in [-0.05, 0) is 40.1 Å². The van der Waals surface area contributed by atoms with Crippen LogP contribution in [0.4, 0.5) is 0 Å². The molecule has 3 atom stereocenters. The van der Waals surface area contributed by atoms with Crippen LogP contribution in [0.1, 0.15) is 40.5 Å². The van der Waals surface area contributed by atoms with Crippen LogP contribution in [0.3, 0.4) is 0 Å². The number of fused-ring (bicyclic) bond motifs is 2. The Hall–Kier alpha value is -1.42. The fourth-order valence-electron chi connectivity index (χ4n) is 5.28. The van der Waals surface area contributed by atoms with Gasteiger partial charge < -0.3 is 9.16 Å². The largest absolute Gasteiger partial charge is 0.404 e. The third kappa shape index (κ3) is 3.00. The monoisotopic (exact) mass is 380 g/mol. The van der Waals surface area contributed by atoms with Crippen molar-refractivity contribution in [1.82, 2.24) is 0 Å². The first-order chi connectivity index (χ1) is 12.9. The van der Waals surface area contributed by atoms with Crippen LogP contribution in [-0.4, -0.2) is 27.1 Å². The van der Waals surface area contributed by atoms with Crippen molar-refractivity contribution in [3.63, 3.8) is 0 Å². The van der Waals surface area contributed by atoms with Crippen molar-refractivity contribution in [3.05, 3.63) is 60.7 Å². The summed E-state index contributed by atoms with van der Waals surface area (Å²) in [4.78, 5) is 0. The summed E-state index contributed by atoms with van der Waals surface area (Å²) in [6.45, 7) is 11.0. The number of benzene rings is 2. The molecule has 1 heterocycles. The Morgan fingerprint density at radius 2 is 1.56 bits per heavy atom. The van der Waals surface area contributed by atoms with Crippen molar-refractivity contribution < 1.29 is 9.16 Å². The first-order valence-corrected chi connectivity index (χ1v) is 12.2. The molecule has 0 N–H and O–H groups in total. The van der Waals surface area contributed by atoms with Gasteiger partial charge in [-0.25, -0.2) is 0 Å². The predicted octanol–water partition coefficient (Wildman–Crippen LogP) is 4.38. The van der Waals surface area contributed by atoms with E-state index in [0.717, 1.165) is 13.0 Å². The van der Waals surface area contributed by atoms with Crippen LogP contribution in [-0.2, 0) is 9.16 Å². The molecule has 2 bridgehead atoms. The molecule has 0 radical (unpaired) electrons. The highest BCUT2D eigenvalue weighted by atomic mass is 28.4. The molecule has 4 rings (SSSR count). The first-order valence-electron chi connectivity index (χ1n) is 10.3. The Bertz CT molecular complexity index is 718. The Morgan fingerprint density at radius 3 is 1.93 bits per heavy atom. The highest BCUT2D eigenvalue weighted by molar-refractivity contribution is 6.99. The summed E-state index contributed by atoms with van der Waals surface area (Å²) in [6.07, 6.45) is 2.42. The van der Waals surface area contributed by atoms with Crippen LogP contribution in [0.25, 0.3) is 0 Å². The first kappa shape index (κ1) is 18.9. The third-order valence-corrected chi connectivity index (χ3v) is 12.0. The average Bonchev–Trinajstić information content (AvgIpc) is 3.15. The molecule has 2 aliphatic rings. The Balaban J connectivity index is 1.78. The van der Waals surface area contributed by atoms with Gasteiger partial charge in [-0.1, -0.05) is 88.4 Å². The molecule has 0 amide bonds. The molecule has 1 saturated carbocycles. The minimum atomic E-state index is -2.47. The second-order valence-electron chi connectivity index (χ2n) is 9.42. The van der Waals surface area contributed by atoms with Gasteiger partial charge in [0, 0.05) is 0 Å². The van der Waals surface area contributed by atoms with Crippen LogP contribution >= 0.6 is 0 Å². The molecular weight excluding hydrogens is 348 g/mol. The Kier molecular flexibility index (Phi) is 4.82. The van der Waals surface area contributed by atoms with E-state index in [4.69, 9.17) is 9.16 Å². The standard InChI is InChI=1S/C24H32O2Si/c1-19-20-15-16-24(19,25-17-20)18-26-27(23(2,3)4,21-11-7-5-8-12-21)22-13-9-6-10-14-22/h5-14,19-20H,15-18H2,1-4H3. The zero-order chi connectivity index (χ0) is 19.1. The smallest absolute Gasteiger partial charge is 0.261 e. The van der Waals surface area contributed by atoms with Crippen molar-refractivity contribution in [2.75, 3.05) is 13.2 Å². The number of rotatable bonds is 5.